The number of fused-ring (bicyclic) bond motifs is 1. The zero-order valence-corrected chi connectivity index (χ0v) is 25.0. The Morgan fingerprint density at radius 1 is 0.976 bits per heavy atom. The molecule has 0 fully saturated rings. The molecule has 1 unspecified atom stereocenters. The van der Waals surface area contributed by atoms with E-state index < -0.39 is 42.9 Å². The Kier molecular flexibility index (Phi) is 8.56. The number of carbonyl (C=O) groups excluding carboxylic acids is 2. The molecular weight excluding hydrogens is 609 g/mol. The van der Waals surface area contributed by atoms with Crippen LogP contribution in [0.3, 0.4) is 0 Å². The van der Waals surface area contributed by atoms with Crippen LogP contribution >= 0.6 is 11.3 Å². The van der Waals surface area contributed by atoms with E-state index in [1.165, 1.54) is 20.1 Å². The molecule has 3 N–H and O–H groups in total. The van der Waals surface area contributed by atoms with Crippen LogP contribution < -0.4 is 10.1 Å². The van der Waals surface area contributed by atoms with E-state index in [9.17, 15) is 35.5 Å². The number of thiazole rings is 1. The molecule has 13 nitrogen and oxygen atoms in total. The summed E-state index contributed by atoms with van der Waals surface area (Å²) in [6.45, 7) is 4.14. The van der Waals surface area contributed by atoms with Gasteiger partial charge in [-0.3, -0.25) is 18.7 Å². The minimum atomic E-state index is -4.54. The number of amides is 1. The molecule has 16 heteroatoms. The van der Waals surface area contributed by atoms with Crippen molar-refractivity contribution in [3.8, 4) is 16.3 Å². The number of benzene rings is 3. The van der Waals surface area contributed by atoms with Gasteiger partial charge in [0.2, 0.25) is 6.04 Å². The molecule has 3 aromatic carbocycles. The lowest BCUT2D eigenvalue weighted by Crippen LogP contribution is -2.32. The average molecular weight is 633 g/mol. The van der Waals surface area contributed by atoms with Gasteiger partial charge in [0.1, 0.15) is 20.5 Å². The van der Waals surface area contributed by atoms with Gasteiger partial charge in [-0.05, 0) is 68.3 Å². The van der Waals surface area contributed by atoms with Crippen molar-refractivity contribution in [1.29, 1.82) is 0 Å². The predicted octanol–water partition coefficient (Wildman–Crippen LogP) is 4.76. The lowest BCUT2D eigenvalue weighted by molar-refractivity contribution is -0.126. The zero-order valence-electron chi connectivity index (χ0n) is 22.5. The van der Waals surface area contributed by atoms with E-state index in [4.69, 9.17) is 4.74 Å². The molecule has 220 valence electrons. The highest BCUT2D eigenvalue weighted by atomic mass is 32.2. The Labute approximate surface area is 244 Å². The zero-order chi connectivity index (χ0) is 31.0. The van der Waals surface area contributed by atoms with Crippen LogP contribution in [0.5, 0.6) is 5.75 Å². The van der Waals surface area contributed by atoms with E-state index in [0.717, 1.165) is 24.3 Å². The number of aryl methyl sites for hydroxylation is 2. The molecule has 0 saturated carbocycles. The summed E-state index contributed by atoms with van der Waals surface area (Å²) in [6.07, 6.45) is 0. The number of ether oxygens (including phenoxy) is 1. The second-order valence-corrected chi connectivity index (χ2v) is 12.9. The lowest BCUT2D eigenvalue weighted by atomic mass is 10.1. The van der Waals surface area contributed by atoms with Crippen LogP contribution in [0.1, 0.15) is 18.1 Å². The maximum Gasteiger partial charge on any atom is 0.296 e. The Morgan fingerprint density at radius 2 is 1.64 bits per heavy atom. The molecule has 0 spiro atoms. The number of nitrogens with one attached hydrogen (secondary N) is 1. The van der Waals surface area contributed by atoms with E-state index in [-0.39, 0.29) is 21.9 Å². The van der Waals surface area contributed by atoms with E-state index in [0.29, 0.717) is 32.0 Å². The van der Waals surface area contributed by atoms with Crippen molar-refractivity contribution in [2.75, 3.05) is 12.4 Å². The maximum atomic E-state index is 12.9. The number of methoxy groups -OCH3 is 1. The number of nitrogens with zero attached hydrogens (tertiary/aromatic N) is 3. The van der Waals surface area contributed by atoms with Gasteiger partial charge >= 0.3 is 0 Å². The van der Waals surface area contributed by atoms with Gasteiger partial charge in [0.15, 0.2) is 5.78 Å². The number of hydrogen-bond donors (Lipinski definition) is 3. The number of carbonyl (C=O) groups is 2. The normalized spacial score (nSPS) is 12.9. The first-order valence-corrected chi connectivity index (χ1v) is 15.7. The van der Waals surface area contributed by atoms with Crippen molar-refractivity contribution in [2.24, 2.45) is 10.2 Å². The molecule has 0 aliphatic heterocycles. The third kappa shape index (κ3) is 6.52. The SMILES string of the molecule is COc1cc(S(=O)(=O)O)c(C)cc1NC(=O)C(N=Nc1ccc(-c2nc3ccc(C)c(S(=O)(=O)O)c3s2)cc1)C(C)=O. The van der Waals surface area contributed by atoms with Crippen molar-refractivity contribution in [3.63, 3.8) is 0 Å². The Bertz CT molecular complexity index is 1970. The minimum Gasteiger partial charge on any atom is -0.495 e. The number of azo groups is 1. The van der Waals surface area contributed by atoms with Gasteiger partial charge in [-0.25, -0.2) is 4.98 Å². The molecule has 1 atom stereocenters. The number of Topliss-reactive ketones (excluding diaryl/α,β-unsaturated/α-hetero) is 1. The quantitative estimate of drug-likeness (QED) is 0.131. The summed E-state index contributed by atoms with van der Waals surface area (Å²) < 4.78 is 71.5. The fourth-order valence-electron chi connectivity index (χ4n) is 4.04. The highest BCUT2D eigenvalue weighted by molar-refractivity contribution is 7.86. The number of ketones is 1. The van der Waals surface area contributed by atoms with Crippen molar-refractivity contribution in [1.82, 2.24) is 4.98 Å². The highest BCUT2D eigenvalue weighted by Gasteiger charge is 2.26. The molecular formula is C26H24N4O9S3. The topological polar surface area (TPSA) is 202 Å². The Balaban J connectivity index is 1.57. The molecule has 0 radical (unpaired) electrons. The predicted molar refractivity (Wildman–Crippen MR) is 155 cm³/mol. The van der Waals surface area contributed by atoms with Gasteiger partial charge in [0.25, 0.3) is 26.1 Å². The molecule has 1 amide bonds. The molecule has 0 saturated heterocycles. The van der Waals surface area contributed by atoms with Crippen LogP contribution in [0.25, 0.3) is 20.8 Å². The fourth-order valence-corrected chi connectivity index (χ4v) is 7.08. The van der Waals surface area contributed by atoms with Crippen LogP contribution in [-0.2, 0) is 29.8 Å². The standard InChI is InChI=1S/C26H24N4O9S3/c1-13-5-10-18-23(24(13)42(36,37)38)40-26(28-18)16-6-8-17(9-7-16)29-30-22(15(3)31)25(32)27-19-11-14(2)21(41(33,34)35)12-20(19)39-4/h5-12,22H,1-4H3,(H,27,32)(H,33,34,35)(H,36,37,38). The Morgan fingerprint density at radius 3 is 2.21 bits per heavy atom. The van der Waals surface area contributed by atoms with Crippen LogP contribution in [-0.4, -0.2) is 55.8 Å². The highest BCUT2D eigenvalue weighted by Crippen LogP contribution is 2.36. The van der Waals surface area contributed by atoms with E-state index >= 15 is 0 Å². The maximum absolute atomic E-state index is 12.9. The summed E-state index contributed by atoms with van der Waals surface area (Å²) >= 11 is 1.10. The van der Waals surface area contributed by atoms with Crippen LogP contribution in [0.4, 0.5) is 11.4 Å². The minimum absolute atomic E-state index is 0.0568. The first-order chi connectivity index (χ1) is 19.6. The lowest BCUT2D eigenvalue weighted by Gasteiger charge is -2.15. The van der Waals surface area contributed by atoms with Gasteiger partial charge in [-0.2, -0.15) is 27.1 Å². The van der Waals surface area contributed by atoms with Crippen LogP contribution in [0, 0.1) is 13.8 Å². The molecule has 4 rings (SSSR count). The number of anilines is 1. The second-order valence-electron chi connectivity index (χ2n) is 9.11. The van der Waals surface area contributed by atoms with Crippen molar-refractivity contribution in [3.05, 3.63) is 59.7 Å². The smallest absolute Gasteiger partial charge is 0.296 e. The first kappa shape index (κ1) is 30.9. The average Bonchev–Trinajstić information content (AvgIpc) is 3.31. The largest absolute Gasteiger partial charge is 0.495 e. The molecule has 0 aliphatic carbocycles. The van der Waals surface area contributed by atoms with Crippen molar-refractivity contribution in [2.45, 2.75) is 36.6 Å². The van der Waals surface area contributed by atoms with E-state index in [2.05, 4.69) is 20.5 Å². The van der Waals surface area contributed by atoms with E-state index in [1.54, 1.807) is 43.3 Å². The van der Waals surface area contributed by atoms with Crippen molar-refractivity contribution < 1.29 is 40.3 Å². The fraction of sp³-hybridized carbons (Fsp3) is 0.192. The summed E-state index contributed by atoms with van der Waals surface area (Å²) in [6, 6.07) is 10.4. The third-order valence-electron chi connectivity index (χ3n) is 6.04. The molecule has 1 aromatic heterocycles. The van der Waals surface area contributed by atoms with Gasteiger partial charge in [0, 0.05) is 11.6 Å². The summed E-state index contributed by atoms with van der Waals surface area (Å²) in [4.78, 5) is 29.0. The summed E-state index contributed by atoms with van der Waals surface area (Å²) in [5.41, 5.74) is 1.93. The van der Waals surface area contributed by atoms with Gasteiger partial charge in [-0.15, -0.1) is 11.3 Å². The molecule has 1 heterocycles. The second kappa shape index (κ2) is 11.7. The molecule has 0 bridgehead atoms. The number of rotatable bonds is 9. The number of aromatic nitrogens is 1. The number of hydrogen-bond acceptors (Lipinski definition) is 11. The van der Waals surface area contributed by atoms with Crippen LogP contribution in [0.15, 0.2) is 68.6 Å². The molecule has 4 aromatic rings. The third-order valence-corrected chi connectivity index (χ3v) is 9.34. The summed E-state index contributed by atoms with van der Waals surface area (Å²) in [5.74, 6) is -1.53. The monoisotopic (exact) mass is 632 g/mol. The van der Waals surface area contributed by atoms with Gasteiger partial charge in [-0.1, -0.05) is 6.07 Å². The summed E-state index contributed by atoms with van der Waals surface area (Å²) in [5, 5.41) is 10.9. The molecule has 0 aliphatic rings. The van der Waals surface area contributed by atoms with Gasteiger partial charge in [0.05, 0.1) is 28.7 Å². The van der Waals surface area contributed by atoms with Crippen molar-refractivity contribution >= 4 is 64.9 Å². The molecule has 42 heavy (non-hydrogen) atoms. The van der Waals surface area contributed by atoms with Gasteiger partial charge < -0.3 is 10.1 Å². The van der Waals surface area contributed by atoms with E-state index in [1.807, 2.05) is 0 Å². The summed E-state index contributed by atoms with van der Waals surface area (Å²) in [7, 11) is -7.75. The first-order valence-electron chi connectivity index (χ1n) is 12.0. The Hall–Kier alpha value is -4.09. The van der Waals surface area contributed by atoms with Crippen LogP contribution in [0.2, 0.25) is 0 Å².